The van der Waals surface area contributed by atoms with E-state index in [4.69, 9.17) is 0 Å². The van der Waals surface area contributed by atoms with Crippen molar-refractivity contribution in [1.82, 2.24) is 25.8 Å². The summed E-state index contributed by atoms with van der Waals surface area (Å²) in [5, 5.41) is 13.7. The van der Waals surface area contributed by atoms with Gasteiger partial charge in [0.05, 0.1) is 0 Å². The van der Waals surface area contributed by atoms with Crippen LogP contribution < -0.4 is 10.6 Å². The van der Waals surface area contributed by atoms with Crippen molar-refractivity contribution >= 4 is 46.1 Å². The fraction of sp³-hybridized carbons (Fsp3) is 0.0952. The lowest BCUT2D eigenvalue weighted by atomic mass is 10.2. The molecule has 152 valence electrons. The highest BCUT2D eigenvalue weighted by atomic mass is 127. The van der Waals surface area contributed by atoms with E-state index in [1.54, 1.807) is 12.3 Å². The van der Waals surface area contributed by atoms with E-state index >= 15 is 0 Å². The van der Waals surface area contributed by atoms with Crippen molar-refractivity contribution in [3.8, 4) is 0 Å². The fourth-order valence-corrected chi connectivity index (χ4v) is 4.61. The molecule has 0 amide bonds. The van der Waals surface area contributed by atoms with Crippen molar-refractivity contribution in [3.05, 3.63) is 83.6 Å². The second-order valence-corrected chi connectivity index (χ2v) is 9.14. The van der Waals surface area contributed by atoms with Crippen LogP contribution in [0.2, 0.25) is 0 Å². The maximum Gasteiger partial charge on any atom is 0.231 e. The number of benzene rings is 1. The Balaban J connectivity index is 1.57. The molecule has 9 heteroatoms. The first kappa shape index (κ1) is 20.2. The lowest BCUT2D eigenvalue weighted by Crippen LogP contribution is -2.40. The van der Waals surface area contributed by atoms with Crippen LogP contribution >= 0.6 is 20.7 Å². The first-order valence-corrected chi connectivity index (χ1v) is 11.3. The number of aryl methyl sites for hydroxylation is 1. The van der Waals surface area contributed by atoms with Crippen LogP contribution in [-0.2, 0) is 6.54 Å². The Morgan fingerprint density at radius 3 is 2.90 bits per heavy atom. The molecule has 30 heavy (non-hydrogen) atoms. The minimum atomic E-state index is -0.585. The van der Waals surface area contributed by atoms with Gasteiger partial charge >= 0.3 is 0 Å². The number of allylic oxidation sites excluding steroid dienone is 1. The number of hydrogen-bond donors (Lipinski definition) is 3. The van der Waals surface area contributed by atoms with Gasteiger partial charge in [-0.3, -0.25) is 15.4 Å². The van der Waals surface area contributed by atoms with Gasteiger partial charge in [0.2, 0.25) is 5.96 Å². The van der Waals surface area contributed by atoms with E-state index in [0.29, 0.717) is 18.3 Å². The van der Waals surface area contributed by atoms with Gasteiger partial charge in [0.25, 0.3) is 0 Å². The van der Waals surface area contributed by atoms with Crippen molar-refractivity contribution in [2.45, 2.75) is 13.5 Å². The summed E-state index contributed by atoms with van der Waals surface area (Å²) < 4.78 is 15.3. The number of guanidine groups is 1. The monoisotopic (exact) mass is 515 g/mol. The molecule has 1 aliphatic rings. The number of aromatic amines is 1. The number of aromatic nitrogens is 3. The van der Waals surface area contributed by atoms with Crippen LogP contribution in [0, 0.1) is 12.7 Å². The molecule has 0 atom stereocenters. The number of H-pyrrole nitrogens is 1. The zero-order valence-electron chi connectivity index (χ0n) is 16.1. The Morgan fingerprint density at radius 2 is 2.13 bits per heavy atom. The van der Waals surface area contributed by atoms with E-state index < -0.39 is 20.7 Å². The standard InChI is InChI=1S/C21H19FIN7/c1-14-10-19(30-29-14)27-21-26-18(8-7-15-4-2-6-17(22)11-15)23-20(28-21)25-13-16-5-3-9-24-12-16/h2-12H,13H2,1H3,(H3,25,26,27,28,29,30)/b8-7+. The average molecular weight is 515 g/mol. The van der Waals surface area contributed by atoms with Crippen LogP contribution in [0.3, 0.4) is 0 Å². The largest absolute Gasteiger partial charge is 0.310 e. The Labute approximate surface area is 183 Å². The summed E-state index contributed by atoms with van der Waals surface area (Å²) in [5.74, 6) is 0.750. The number of nitrogens with one attached hydrogen (secondary N) is 3. The van der Waals surface area contributed by atoms with Gasteiger partial charge in [-0.15, -0.1) is 0 Å². The van der Waals surface area contributed by atoms with Crippen LogP contribution in [0.4, 0.5) is 10.2 Å². The quantitative estimate of drug-likeness (QED) is 0.436. The van der Waals surface area contributed by atoms with E-state index in [2.05, 4.69) is 35.8 Å². The third kappa shape index (κ3) is 5.74. The van der Waals surface area contributed by atoms with E-state index in [1.165, 1.54) is 12.1 Å². The zero-order valence-corrected chi connectivity index (χ0v) is 18.3. The molecule has 0 saturated carbocycles. The minimum Gasteiger partial charge on any atom is -0.310 e. The molecule has 2 aromatic heterocycles. The average Bonchev–Trinajstić information content (AvgIpc) is 3.16. The van der Waals surface area contributed by atoms with Gasteiger partial charge < -0.3 is 5.32 Å². The Hall–Kier alpha value is -3.05. The number of pyridine rings is 1. The van der Waals surface area contributed by atoms with Crippen LogP contribution in [0.5, 0.6) is 0 Å². The molecule has 0 bridgehead atoms. The van der Waals surface area contributed by atoms with E-state index in [9.17, 15) is 4.39 Å². The lowest BCUT2D eigenvalue weighted by Gasteiger charge is -2.15. The molecule has 3 N–H and O–H groups in total. The number of rotatable bonds is 6. The van der Waals surface area contributed by atoms with Crippen LogP contribution in [0.1, 0.15) is 16.8 Å². The number of aliphatic imine (C=N–C) groups is 2. The van der Waals surface area contributed by atoms with Gasteiger partial charge in [-0.2, -0.15) is 10.1 Å². The molecule has 3 aromatic rings. The van der Waals surface area contributed by atoms with Crippen molar-refractivity contribution in [3.63, 3.8) is 0 Å². The second kappa shape index (κ2) is 9.63. The summed E-state index contributed by atoms with van der Waals surface area (Å²) in [6.07, 6.45) is 7.36. The number of halogens is 2. The van der Waals surface area contributed by atoms with Crippen LogP contribution in [0.25, 0.3) is 6.08 Å². The van der Waals surface area contributed by atoms with Crippen molar-refractivity contribution in [1.29, 1.82) is 0 Å². The first-order chi connectivity index (χ1) is 14.6. The Morgan fingerprint density at radius 1 is 1.20 bits per heavy atom. The van der Waals surface area contributed by atoms with E-state index in [1.807, 2.05) is 49.5 Å². The number of nitrogens with zero attached hydrogens (tertiary/aromatic N) is 4. The predicted molar refractivity (Wildman–Crippen MR) is 127 cm³/mol. The van der Waals surface area contributed by atoms with Gasteiger partial charge in [0.15, 0.2) is 5.82 Å². The molecule has 7 nitrogen and oxygen atoms in total. The van der Waals surface area contributed by atoms with E-state index in [-0.39, 0.29) is 5.82 Å². The smallest absolute Gasteiger partial charge is 0.231 e. The Bertz CT molecular complexity index is 1150. The maximum atomic E-state index is 13.4. The van der Waals surface area contributed by atoms with Crippen LogP contribution in [-0.4, -0.2) is 28.6 Å². The van der Waals surface area contributed by atoms with E-state index in [0.717, 1.165) is 24.3 Å². The Kier molecular flexibility index (Phi) is 6.50. The van der Waals surface area contributed by atoms with Gasteiger partial charge in [-0.1, -0.05) is 24.3 Å². The highest BCUT2D eigenvalue weighted by molar-refractivity contribution is 14.2. The normalized spacial score (nSPS) is 15.5. The number of hydrogen-bond acceptors (Lipinski definition) is 4. The second-order valence-electron chi connectivity index (χ2n) is 6.42. The van der Waals surface area contributed by atoms with Crippen molar-refractivity contribution in [2.24, 2.45) is 9.98 Å². The molecule has 3 heterocycles. The molecule has 4 rings (SSSR count). The highest BCUT2D eigenvalue weighted by Crippen LogP contribution is 2.15. The summed E-state index contributed by atoms with van der Waals surface area (Å²) in [6, 6.07) is 12.2. The molecule has 0 aliphatic carbocycles. The summed E-state index contributed by atoms with van der Waals surface area (Å²) in [4.78, 5) is 13.3. The lowest BCUT2D eigenvalue weighted by molar-refractivity contribution is 0.627. The predicted octanol–water partition coefficient (Wildman–Crippen LogP) is 3.80. The summed E-state index contributed by atoms with van der Waals surface area (Å²) in [7, 11) is 0. The van der Waals surface area contributed by atoms with Gasteiger partial charge in [0, 0.05) is 30.7 Å². The van der Waals surface area contributed by atoms with Gasteiger partial charge in [-0.25, -0.2) is 9.38 Å². The first-order valence-electron chi connectivity index (χ1n) is 9.19. The molecule has 0 unspecified atom stereocenters. The SMILES string of the molecule is Cc1cc(N=C2N=C(/C=C/c3cccc(F)c3)I=C(NCc3cccnc3)N2)n[nH]1. The highest BCUT2D eigenvalue weighted by Gasteiger charge is 2.12. The molecular weight excluding hydrogens is 496 g/mol. The summed E-state index contributed by atoms with van der Waals surface area (Å²) >= 11 is -0.585. The van der Waals surface area contributed by atoms with Crippen LogP contribution in [0.15, 0.2) is 70.9 Å². The summed E-state index contributed by atoms with van der Waals surface area (Å²) in [5.41, 5.74) is 2.79. The van der Waals surface area contributed by atoms with Gasteiger partial charge in [0.1, 0.15) is 13.3 Å². The molecule has 0 spiro atoms. The third-order valence-electron chi connectivity index (χ3n) is 3.97. The molecule has 0 fully saturated rings. The van der Waals surface area contributed by atoms with Crippen molar-refractivity contribution < 1.29 is 4.39 Å². The maximum absolute atomic E-state index is 13.4. The molecule has 1 aliphatic heterocycles. The molecule has 1 aromatic carbocycles. The molecular formula is C21H19FIN7. The van der Waals surface area contributed by atoms with Crippen molar-refractivity contribution in [2.75, 3.05) is 0 Å². The minimum absolute atomic E-state index is 0.263. The third-order valence-corrected chi connectivity index (χ3v) is 6.31. The molecule has 0 radical (unpaired) electrons. The fourth-order valence-electron chi connectivity index (χ4n) is 2.60. The molecule has 0 saturated heterocycles. The van der Waals surface area contributed by atoms with Gasteiger partial charge in [-0.05, 0) is 63.1 Å². The summed E-state index contributed by atoms with van der Waals surface area (Å²) in [6.45, 7) is 2.56. The zero-order chi connectivity index (χ0) is 20.8. The topological polar surface area (TPSA) is 90.3 Å².